The number of methoxy groups -OCH3 is 1. The first-order chi connectivity index (χ1) is 15.3. The third-order valence-electron chi connectivity index (χ3n) is 5.24. The van der Waals surface area contributed by atoms with Crippen molar-refractivity contribution in [2.24, 2.45) is 0 Å². The van der Waals surface area contributed by atoms with Crippen molar-refractivity contribution in [2.75, 3.05) is 12.0 Å². The first-order valence-electron chi connectivity index (χ1n) is 9.37. The summed E-state index contributed by atoms with van der Waals surface area (Å²) in [6, 6.07) is 11.0. The van der Waals surface area contributed by atoms with Crippen LogP contribution in [-0.4, -0.2) is 34.1 Å². The molecule has 4 aromatic rings. The molecule has 2 amide bonds. The number of hydrogen-bond donors (Lipinski definition) is 1. The third-order valence-corrected chi connectivity index (χ3v) is 5.24. The fourth-order valence-electron chi connectivity index (χ4n) is 3.72. The van der Waals surface area contributed by atoms with Crippen LogP contribution in [0.15, 0.2) is 54.7 Å². The molecule has 10 heteroatoms. The molecule has 2 aromatic heterocycles. The number of pyridine rings is 1. The van der Waals surface area contributed by atoms with Crippen molar-refractivity contribution in [1.29, 1.82) is 0 Å². The van der Waals surface area contributed by atoms with Gasteiger partial charge in [0, 0.05) is 11.8 Å². The molecule has 7 nitrogen and oxygen atoms in total. The summed E-state index contributed by atoms with van der Waals surface area (Å²) in [4.78, 5) is 31.2. The van der Waals surface area contributed by atoms with Gasteiger partial charge in [0.05, 0.1) is 40.6 Å². The zero-order chi connectivity index (χ0) is 22.6. The zero-order valence-corrected chi connectivity index (χ0v) is 16.4. The van der Waals surface area contributed by atoms with Crippen LogP contribution in [0, 0.1) is 0 Å². The Labute approximate surface area is 178 Å². The van der Waals surface area contributed by atoms with Crippen LogP contribution < -0.4 is 9.64 Å². The molecule has 160 valence electrons. The second-order valence-electron chi connectivity index (χ2n) is 7.07. The van der Waals surface area contributed by atoms with E-state index >= 15 is 0 Å². The van der Waals surface area contributed by atoms with E-state index in [0.717, 1.165) is 23.1 Å². The molecule has 1 N–H and O–H groups in total. The van der Waals surface area contributed by atoms with Crippen molar-refractivity contribution in [2.45, 2.75) is 6.18 Å². The zero-order valence-electron chi connectivity index (χ0n) is 16.4. The lowest BCUT2D eigenvalue weighted by molar-refractivity contribution is -0.137. The number of rotatable bonds is 3. The number of carbonyl (C=O) groups excluding carboxylic acids is 2. The number of imide groups is 1. The number of amides is 2. The Balaban J connectivity index is 1.66. The van der Waals surface area contributed by atoms with Gasteiger partial charge in [-0.25, -0.2) is 9.88 Å². The number of ether oxygens (including phenoxy) is 1. The maximum atomic E-state index is 13.3. The van der Waals surface area contributed by atoms with Crippen LogP contribution in [-0.2, 0) is 6.18 Å². The fraction of sp³-hybridized carbons (Fsp3) is 0.0909. The highest BCUT2D eigenvalue weighted by Crippen LogP contribution is 2.38. The van der Waals surface area contributed by atoms with E-state index in [-0.39, 0.29) is 22.5 Å². The number of carbonyl (C=O) groups is 2. The van der Waals surface area contributed by atoms with Crippen LogP contribution in [0.4, 0.5) is 18.9 Å². The molecule has 0 atom stereocenters. The van der Waals surface area contributed by atoms with Gasteiger partial charge in [0.2, 0.25) is 0 Å². The Morgan fingerprint density at radius 3 is 2.47 bits per heavy atom. The van der Waals surface area contributed by atoms with E-state index in [9.17, 15) is 22.8 Å². The minimum absolute atomic E-state index is 0.00364. The van der Waals surface area contributed by atoms with Crippen molar-refractivity contribution in [1.82, 2.24) is 15.2 Å². The lowest BCUT2D eigenvalue weighted by Crippen LogP contribution is -2.29. The number of benzene rings is 2. The minimum atomic E-state index is -4.62. The number of aromatic amines is 1. The van der Waals surface area contributed by atoms with Crippen LogP contribution in [0.5, 0.6) is 5.75 Å². The molecular weight excluding hydrogens is 425 g/mol. The SMILES string of the molecule is COc1ccc(-c2[nH]nc3ncc4c(c23)C(=O)N(c2cccc(C(F)(F)F)c2)C4=O)cc1. The number of anilines is 1. The van der Waals surface area contributed by atoms with E-state index in [1.54, 1.807) is 24.3 Å². The van der Waals surface area contributed by atoms with E-state index in [0.29, 0.717) is 22.4 Å². The number of hydrogen-bond acceptors (Lipinski definition) is 5. The molecule has 1 aliphatic heterocycles. The quantitative estimate of drug-likeness (QED) is 0.478. The second-order valence-corrected chi connectivity index (χ2v) is 7.07. The summed E-state index contributed by atoms with van der Waals surface area (Å²) in [5.41, 5.74) is 0.237. The van der Waals surface area contributed by atoms with E-state index in [4.69, 9.17) is 4.74 Å². The largest absolute Gasteiger partial charge is 0.497 e. The predicted molar refractivity (Wildman–Crippen MR) is 108 cm³/mol. The van der Waals surface area contributed by atoms with Crippen LogP contribution >= 0.6 is 0 Å². The van der Waals surface area contributed by atoms with Gasteiger partial charge < -0.3 is 4.74 Å². The average molecular weight is 438 g/mol. The van der Waals surface area contributed by atoms with Gasteiger partial charge in [-0.2, -0.15) is 18.3 Å². The molecule has 3 heterocycles. The van der Waals surface area contributed by atoms with Crippen LogP contribution in [0.2, 0.25) is 0 Å². The predicted octanol–water partition coefficient (Wildman–Crippen LogP) is 4.45. The second kappa shape index (κ2) is 6.91. The van der Waals surface area contributed by atoms with E-state index in [1.165, 1.54) is 19.4 Å². The molecule has 0 unspecified atom stereocenters. The Hall–Kier alpha value is -4.21. The molecule has 0 aliphatic carbocycles. The fourth-order valence-corrected chi connectivity index (χ4v) is 3.72. The summed E-state index contributed by atoms with van der Waals surface area (Å²) in [5.74, 6) is -0.864. The highest BCUT2D eigenvalue weighted by atomic mass is 19.4. The summed E-state index contributed by atoms with van der Waals surface area (Å²) in [7, 11) is 1.53. The maximum absolute atomic E-state index is 13.3. The molecule has 0 fully saturated rings. The first-order valence-corrected chi connectivity index (χ1v) is 9.37. The first kappa shape index (κ1) is 19.7. The molecule has 2 aromatic carbocycles. The third kappa shape index (κ3) is 2.91. The topological polar surface area (TPSA) is 88.2 Å². The van der Waals surface area contributed by atoms with Gasteiger partial charge in [-0.05, 0) is 42.5 Å². The lowest BCUT2D eigenvalue weighted by atomic mass is 10.0. The molecule has 32 heavy (non-hydrogen) atoms. The minimum Gasteiger partial charge on any atom is -0.497 e. The van der Waals surface area contributed by atoms with Crippen LogP contribution in [0.3, 0.4) is 0 Å². The van der Waals surface area contributed by atoms with Crippen molar-refractivity contribution in [3.8, 4) is 17.0 Å². The molecule has 1 aliphatic rings. The van der Waals surface area contributed by atoms with Crippen molar-refractivity contribution < 1.29 is 27.5 Å². The number of nitrogens with one attached hydrogen (secondary N) is 1. The summed E-state index contributed by atoms with van der Waals surface area (Å²) in [5, 5.41) is 7.27. The van der Waals surface area contributed by atoms with Crippen molar-refractivity contribution >= 4 is 28.5 Å². The Bertz CT molecular complexity index is 1390. The average Bonchev–Trinajstić information content (AvgIpc) is 3.32. The van der Waals surface area contributed by atoms with E-state index in [2.05, 4.69) is 15.2 Å². The highest BCUT2D eigenvalue weighted by Gasteiger charge is 2.41. The number of nitrogens with zero attached hydrogens (tertiary/aromatic N) is 3. The molecule has 5 rings (SSSR count). The van der Waals surface area contributed by atoms with Gasteiger partial charge in [-0.15, -0.1) is 0 Å². The highest BCUT2D eigenvalue weighted by molar-refractivity contribution is 6.38. The molecule has 0 saturated carbocycles. The van der Waals surface area contributed by atoms with Gasteiger partial charge in [0.25, 0.3) is 11.8 Å². The summed E-state index contributed by atoms with van der Waals surface area (Å²) in [6.45, 7) is 0. The summed E-state index contributed by atoms with van der Waals surface area (Å²) >= 11 is 0. The standard InChI is InChI=1S/C22H13F3N4O3/c1-32-14-7-5-11(6-8-14)18-17-16-15(10-26-19(17)28-27-18)20(30)29(21(16)31)13-4-2-3-12(9-13)22(23,24)25/h2-10H,1H3,(H,26,27,28). The lowest BCUT2D eigenvalue weighted by Gasteiger charge is -2.16. The summed E-state index contributed by atoms with van der Waals surface area (Å²) < 4.78 is 44.6. The Morgan fingerprint density at radius 2 is 1.78 bits per heavy atom. The van der Waals surface area contributed by atoms with Crippen LogP contribution in [0.1, 0.15) is 26.3 Å². The number of halogens is 3. The van der Waals surface area contributed by atoms with Gasteiger partial charge in [-0.1, -0.05) is 6.07 Å². The van der Waals surface area contributed by atoms with Gasteiger partial charge in [0.1, 0.15) is 5.75 Å². The van der Waals surface area contributed by atoms with Gasteiger partial charge in [0.15, 0.2) is 5.65 Å². The molecule has 0 saturated heterocycles. The molecule has 0 bridgehead atoms. The smallest absolute Gasteiger partial charge is 0.416 e. The Kier molecular flexibility index (Phi) is 4.26. The van der Waals surface area contributed by atoms with E-state index in [1.807, 2.05) is 0 Å². The van der Waals surface area contributed by atoms with E-state index < -0.39 is 23.6 Å². The number of aromatic nitrogens is 3. The summed E-state index contributed by atoms with van der Waals surface area (Å²) in [6.07, 6.45) is -3.40. The van der Waals surface area contributed by atoms with Crippen molar-refractivity contribution in [3.05, 3.63) is 71.4 Å². The normalized spacial score (nSPS) is 13.7. The molecular formula is C22H13F3N4O3. The number of alkyl halides is 3. The maximum Gasteiger partial charge on any atom is 0.416 e. The van der Waals surface area contributed by atoms with Gasteiger partial charge >= 0.3 is 6.18 Å². The molecule has 0 spiro atoms. The van der Waals surface area contributed by atoms with Crippen LogP contribution in [0.25, 0.3) is 22.3 Å². The Morgan fingerprint density at radius 1 is 1.03 bits per heavy atom. The van der Waals surface area contributed by atoms with Gasteiger partial charge in [-0.3, -0.25) is 14.7 Å². The molecule has 0 radical (unpaired) electrons. The number of H-pyrrole nitrogens is 1. The monoisotopic (exact) mass is 438 g/mol. The van der Waals surface area contributed by atoms with Crippen molar-refractivity contribution in [3.63, 3.8) is 0 Å². The number of fused-ring (bicyclic) bond motifs is 3.